The number of nitrogens with zero attached hydrogens (tertiary/aromatic N) is 2. The number of imidazole rings is 1. The van der Waals surface area contributed by atoms with Crippen LogP contribution in [0.4, 0.5) is 0 Å². The van der Waals surface area contributed by atoms with Gasteiger partial charge in [-0.1, -0.05) is 17.8 Å². The molecule has 194 valence electrons. The molecule has 0 aliphatic rings. The Hall–Kier alpha value is -3.92. The minimum Gasteiger partial charge on any atom is -0.493 e. The van der Waals surface area contributed by atoms with Crippen molar-refractivity contribution in [3.8, 4) is 34.1 Å². The van der Waals surface area contributed by atoms with Gasteiger partial charge in [-0.2, -0.15) is 0 Å². The molecule has 4 rings (SSSR count). The van der Waals surface area contributed by atoms with Crippen molar-refractivity contribution in [2.24, 2.45) is 0 Å². The number of ether oxygens (including phenoxy) is 5. The van der Waals surface area contributed by atoms with E-state index >= 15 is 0 Å². The second kappa shape index (κ2) is 11.4. The fraction of sp³-hybridized carbons (Fsp3) is 0.296. The molecule has 1 N–H and O–H groups in total. The average Bonchev–Trinajstić information content (AvgIpc) is 3.46. The van der Waals surface area contributed by atoms with Crippen LogP contribution in [0.3, 0.4) is 0 Å². The van der Waals surface area contributed by atoms with Crippen molar-refractivity contribution in [3.63, 3.8) is 0 Å². The molecule has 1 unspecified atom stereocenters. The van der Waals surface area contributed by atoms with Crippen LogP contribution in [-0.2, 0) is 4.74 Å². The van der Waals surface area contributed by atoms with Crippen LogP contribution in [0.15, 0.2) is 47.8 Å². The van der Waals surface area contributed by atoms with Gasteiger partial charge in [0.25, 0.3) is 0 Å². The lowest BCUT2D eigenvalue weighted by Crippen LogP contribution is -2.11. The number of aromatic amines is 1. The minimum atomic E-state index is -0.481. The summed E-state index contributed by atoms with van der Waals surface area (Å²) in [6.07, 6.45) is 3.46. The van der Waals surface area contributed by atoms with E-state index in [1.165, 1.54) is 11.8 Å². The van der Waals surface area contributed by atoms with Gasteiger partial charge in [0.2, 0.25) is 0 Å². The van der Waals surface area contributed by atoms with Crippen LogP contribution in [-0.4, -0.2) is 56.0 Å². The molecule has 0 fully saturated rings. The number of thioether (sulfide) groups is 1. The zero-order valence-electron chi connectivity index (χ0n) is 21.6. The van der Waals surface area contributed by atoms with Crippen molar-refractivity contribution in [1.82, 2.24) is 15.0 Å². The van der Waals surface area contributed by atoms with Gasteiger partial charge in [0.15, 0.2) is 23.0 Å². The molecule has 0 aliphatic heterocycles. The Bertz CT molecular complexity index is 1410. The first-order chi connectivity index (χ1) is 17.9. The summed E-state index contributed by atoms with van der Waals surface area (Å²) in [6.45, 7) is 3.98. The molecule has 0 saturated heterocycles. The number of hydrogen-bond acceptors (Lipinski definition) is 9. The maximum atomic E-state index is 13.5. The highest BCUT2D eigenvalue weighted by Gasteiger charge is 2.27. The van der Waals surface area contributed by atoms with E-state index in [0.717, 1.165) is 11.4 Å². The van der Waals surface area contributed by atoms with Crippen molar-refractivity contribution >= 4 is 28.6 Å². The fourth-order valence-electron chi connectivity index (χ4n) is 4.06. The molecular formula is C27H29N3O6S. The molecule has 2 aromatic carbocycles. The minimum absolute atomic E-state index is 0.119. The molecule has 0 saturated carbocycles. The maximum absolute atomic E-state index is 13.5. The van der Waals surface area contributed by atoms with Gasteiger partial charge in [0.05, 0.1) is 45.8 Å². The first-order valence-electron chi connectivity index (χ1n) is 11.6. The maximum Gasteiger partial charge on any atom is 0.341 e. The predicted octanol–water partition coefficient (Wildman–Crippen LogP) is 5.69. The summed E-state index contributed by atoms with van der Waals surface area (Å²) in [5, 5.41) is 1.08. The molecule has 0 bridgehead atoms. The van der Waals surface area contributed by atoms with E-state index in [2.05, 4.69) is 9.97 Å². The molecule has 10 heteroatoms. The smallest absolute Gasteiger partial charge is 0.341 e. The van der Waals surface area contributed by atoms with Crippen LogP contribution in [0.5, 0.6) is 23.0 Å². The second-order valence-electron chi connectivity index (χ2n) is 7.92. The van der Waals surface area contributed by atoms with Crippen LogP contribution in [0.1, 0.15) is 35.3 Å². The summed E-state index contributed by atoms with van der Waals surface area (Å²) in [7, 11) is 6.28. The first-order valence-corrected chi connectivity index (χ1v) is 12.5. The lowest BCUT2D eigenvalue weighted by atomic mass is 9.95. The van der Waals surface area contributed by atoms with Crippen molar-refractivity contribution in [3.05, 3.63) is 54.1 Å². The normalized spacial score (nSPS) is 11.7. The van der Waals surface area contributed by atoms with Gasteiger partial charge in [-0.3, -0.25) is 0 Å². The van der Waals surface area contributed by atoms with Gasteiger partial charge < -0.3 is 28.7 Å². The number of carbonyl (C=O) groups is 1. The molecule has 2 aromatic heterocycles. The highest BCUT2D eigenvalue weighted by atomic mass is 32.2. The number of H-pyrrole nitrogens is 1. The number of esters is 1. The van der Waals surface area contributed by atoms with Gasteiger partial charge in [-0.25, -0.2) is 14.8 Å². The van der Waals surface area contributed by atoms with E-state index in [1.54, 1.807) is 59.9 Å². The highest BCUT2D eigenvalue weighted by molar-refractivity contribution is 7.99. The van der Waals surface area contributed by atoms with Crippen LogP contribution in [0.2, 0.25) is 0 Å². The van der Waals surface area contributed by atoms with E-state index in [-0.39, 0.29) is 11.9 Å². The molecule has 9 nitrogen and oxygen atoms in total. The lowest BCUT2D eigenvalue weighted by Gasteiger charge is -2.20. The number of benzene rings is 2. The molecule has 1 atom stereocenters. The van der Waals surface area contributed by atoms with E-state index < -0.39 is 5.97 Å². The van der Waals surface area contributed by atoms with E-state index in [9.17, 15) is 4.79 Å². The zero-order valence-corrected chi connectivity index (χ0v) is 22.4. The van der Waals surface area contributed by atoms with Gasteiger partial charge >= 0.3 is 5.97 Å². The van der Waals surface area contributed by atoms with Crippen LogP contribution in [0.25, 0.3) is 22.0 Å². The third-order valence-electron chi connectivity index (χ3n) is 5.80. The third kappa shape index (κ3) is 5.15. The van der Waals surface area contributed by atoms with Crippen LogP contribution < -0.4 is 18.9 Å². The SMILES string of the molecule is CCOC(=O)c1c(SC(C)c2ncc[nH]2)nc2cc(OC)c(OC)cc2c1-c1ccc(OC)c(OC)c1. The number of fused-ring (bicyclic) bond motifs is 1. The fourth-order valence-corrected chi connectivity index (χ4v) is 5.09. The Kier molecular flexibility index (Phi) is 8.08. The topological polar surface area (TPSA) is 105 Å². The summed E-state index contributed by atoms with van der Waals surface area (Å²) in [5.41, 5.74) is 2.34. The van der Waals surface area contributed by atoms with Crippen molar-refractivity contribution in [1.29, 1.82) is 0 Å². The molecule has 0 aliphatic carbocycles. The summed E-state index contributed by atoms with van der Waals surface area (Å²) in [4.78, 5) is 25.9. The van der Waals surface area contributed by atoms with Gasteiger partial charge in [-0.15, -0.1) is 0 Å². The summed E-state index contributed by atoms with van der Waals surface area (Å²) in [5.74, 6) is 2.42. The summed E-state index contributed by atoms with van der Waals surface area (Å²) < 4.78 is 27.6. The van der Waals surface area contributed by atoms with Crippen molar-refractivity contribution in [2.45, 2.75) is 24.1 Å². The Labute approximate surface area is 219 Å². The Morgan fingerprint density at radius 3 is 2.27 bits per heavy atom. The van der Waals surface area contributed by atoms with Crippen LogP contribution in [0, 0.1) is 0 Å². The number of carbonyl (C=O) groups excluding carboxylic acids is 1. The molecule has 0 amide bonds. The number of nitrogens with one attached hydrogen (secondary N) is 1. The Morgan fingerprint density at radius 1 is 0.973 bits per heavy atom. The standard InChI is InChI=1S/C27H29N3O6S/c1-7-36-27(31)24-23(16-8-9-19(32-3)20(12-16)33-4)17-13-21(34-5)22(35-6)14-18(17)30-26(24)37-15(2)25-28-10-11-29-25/h8-15H,7H2,1-6H3,(H,28,29). The van der Waals surface area contributed by atoms with E-state index in [4.69, 9.17) is 28.7 Å². The van der Waals surface area contributed by atoms with E-state index in [1.807, 2.05) is 25.1 Å². The number of aromatic nitrogens is 3. The molecule has 2 heterocycles. The van der Waals surface area contributed by atoms with Gasteiger partial charge in [0.1, 0.15) is 16.4 Å². The van der Waals surface area contributed by atoms with Crippen molar-refractivity contribution in [2.75, 3.05) is 35.0 Å². The highest BCUT2D eigenvalue weighted by Crippen LogP contribution is 2.45. The predicted molar refractivity (Wildman–Crippen MR) is 142 cm³/mol. The Morgan fingerprint density at radius 2 is 1.65 bits per heavy atom. The molecule has 0 radical (unpaired) electrons. The monoisotopic (exact) mass is 523 g/mol. The van der Waals surface area contributed by atoms with Gasteiger partial charge in [-0.05, 0) is 37.6 Å². The lowest BCUT2D eigenvalue weighted by molar-refractivity contribution is 0.0522. The quantitative estimate of drug-likeness (QED) is 0.207. The van der Waals surface area contributed by atoms with Gasteiger partial charge in [0, 0.05) is 29.4 Å². The second-order valence-corrected chi connectivity index (χ2v) is 9.25. The molecule has 4 aromatic rings. The molecular weight excluding hydrogens is 494 g/mol. The Balaban J connectivity index is 2.08. The summed E-state index contributed by atoms with van der Waals surface area (Å²) in [6, 6.07) is 9.13. The molecule has 37 heavy (non-hydrogen) atoms. The number of rotatable bonds is 10. The number of methoxy groups -OCH3 is 4. The number of hydrogen-bond donors (Lipinski definition) is 1. The summed E-state index contributed by atoms with van der Waals surface area (Å²) >= 11 is 1.41. The van der Waals surface area contributed by atoms with E-state index in [0.29, 0.717) is 50.1 Å². The van der Waals surface area contributed by atoms with Crippen molar-refractivity contribution < 1.29 is 28.5 Å². The largest absolute Gasteiger partial charge is 0.493 e. The first kappa shape index (κ1) is 26.2. The zero-order chi connectivity index (χ0) is 26.5. The third-order valence-corrected chi connectivity index (χ3v) is 6.90. The van der Waals surface area contributed by atoms with Crippen LogP contribution >= 0.6 is 11.8 Å². The number of pyridine rings is 1. The average molecular weight is 524 g/mol. The molecule has 0 spiro atoms.